The van der Waals surface area contributed by atoms with E-state index in [1.807, 2.05) is 13.8 Å². The molecule has 0 heterocycles. The number of carbonyl (C=O) groups is 4. The fourth-order valence-electron chi connectivity index (χ4n) is 3.75. The van der Waals surface area contributed by atoms with E-state index in [9.17, 15) is 19.2 Å². The third-order valence-electron chi connectivity index (χ3n) is 6.06. The van der Waals surface area contributed by atoms with Crippen molar-refractivity contribution in [3.63, 3.8) is 0 Å². The second-order valence-electron chi connectivity index (χ2n) is 9.59. The first-order valence-electron chi connectivity index (χ1n) is 13.8. The van der Waals surface area contributed by atoms with E-state index < -0.39 is 42.7 Å². The van der Waals surface area contributed by atoms with Crippen LogP contribution in [-0.4, -0.2) is 62.0 Å². The summed E-state index contributed by atoms with van der Waals surface area (Å²) >= 11 is 0. The van der Waals surface area contributed by atoms with Crippen molar-refractivity contribution in [2.75, 3.05) is 13.2 Å². The highest BCUT2D eigenvalue weighted by Gasteiger charge is 2.27. The molecular weight excluding hydrogens is 526 g/mol. The van der Waals surface area contributed by atoms with Crippen LogP contribution >= 0.6 is 0 Å². The minimum absolute atomic E-state index is 0.00540. The van der Waals surface area contributed by atoms with E-state index in [1.165, 1.54) is 12.1 Å². The summed E-state index contributed by atoms with van der Waals surface area (Å²) in [7, 11) is 0. The summed E-state index contributed by atoms with van der Waals surface area (Å²) < 4.78 is 36.2. The number of hydrogen-bond acceptors (Lipinski definition) is 12. The van der Waals surface area contributed by atoms with Gasteiger partial charge in [-0.25, -0.2) is 14.4 Å². The van der Waals surface area contributed by atoms with Gasteiger partial charge in [0.1, 0.15) is 24.4 Å². The van der Waals surface area contributed by atoms with Crippen molar-refractivity contribution >= 4 is 24.4 Å². The van der Waals surface area contributed by atoms with Gasteiger partial charge in [0.05, 0.1) is 13.2 Å². The topological polar surface area (TPSA) is 159 Å². The molecule has 1 aliphatic carbocycles. The zero-order valence-corrected chi connectivity index (χ0v) is 23.7. The summed E-state index contributed by atoms with van der Waals surface area (Å²) in [4.78, 5) is 48.7. The van der Waals surface area contributed by atoms with E-state index in [0.717, 1.165) is 32.1 Å². The normalized spacial score (nSPS) is 15.6. The van der Waals surface area contributed by atoms with Crippen molar-refractivity contribution in [3.05, 3.63) is 23.8 Å². The number of hydrogen-bond donors (Lipinski definition) is 1. The Morgan fingerprint density at radius 2 is 1.40 bits per heavy atom. The zero-order chi connectivity index (χ0) is 29.5. The fraction of sp³-hybridized carbons (Fsp3) is 0.643. The van der Waals surface area contributed by atoms with E-state index >= 15 is 0 Å². The second kappa shape index (κ2) is 17.2. The SMILES string of the molecule is CCCOC(=O)Oc1ccc(C[C@H](N)C(=O)O[C@@H](C)[C@H](C)OC(=O)OC2CCCCC2)cc1OC(=O)OCCC. The largest absolute Gasteiger partial charge is 0.513 e. The first kappa shape index (κ1) is 32.7. The predicted octanol–water partition coefficient (Wildman–Crippen LogP) is 5.21. The Kier molecular flexibility index (Phi) is 14.1. The smallest absolute Gasteiger partial charge is 0.458 e. The molecule has 2 N–H and O–H groups in total. The van der Waals surface area contributed by atoms with Gasteiger partial charge in [-0.15, -0.1) is 0 Å². The summed E-state index contributed by atoms with van der Waals surface area (Å²) in [5, 5.41) is 0. The first-order chi connectivity index (χ1) is 19.1. The second-order valence-corrected chi connectivity index (χ2v) is 9.59. The van der Waals surface area contributed by atoms with Crippen molar-refractivity contribution in [3.8, 4) is 11.5 Å². The Morgan fingerprint density at radius 3 is 2.00 bits per heavy atom. The molecule has 224 valence electrons. The molecule has 0 saturated heterocycles. The predicted molar refractivity (Wildman–Crippen MR) is 142 cm³/mol. The lowest BCUT2D eigenvalue weighted by Crippen LogP contribution is -2.39. The highest BCUT2D eigenvalue weighted by Crippen LogP contribution is 2.30. The molecule has 0 unspecified atom stereocenters. The van der Waals surface area contributed by atoms with Crippen LogP contribution in [0, 0.1) is 0 Å². The van der Waals surface area contributed by atoms with E-state index in [2.05, 4.69) is 0 Å². The van der Waals surface area contributed by atoms with Gasteiger partial charge >= 0.3 is 24.4 Å². The van der Waals surface area contributed by atoms with Gasteiger partial charge in [-0.2, -0.15) is 0 Å². The summed E-state index contributed by atoms with van der Waals surface area (Å²) in [6, 6.07) is 3.25. The van der Waals surface area contributed by atoms with E-state index in [4.69, 9.17) is 38.9 Å². The lowest BCUT2D eigenvalue weighted by atomic mass is 9.98. The van der Waals surface area contributed by atoms with Crippen LogP contribution in [0.1, 0.15) is 78.2 Å². The molecule has 0 bridgehead atoms. The molecule has 40 heavy (non-hydrogen) atoms. The molecule has 3 atom stereocenters. The number of benzene rings is 1. The van der Waals surface area contributed by atoms with Crippen LogP contribution in [-0.2, 0) is 34.9 Å². The fourth-order valence-corrected chi connectivity index (χ4v) is 3.75. The van der Waals surface area contributed by atoms with Crippen molar-refractivity contribution in [1.82, 2.24) is 0 Å². The van der Waals surface area contributed by atoms with E-state index in [0.29, 0.717) is 18.4 Å². The van der Waals surface area contributed by atoms with Gasteiger partial charge in [0.25, 0.3) is 0 Å². The summed E-state index contributed by atoms with van der Waals surface area (Å²) in [6.45, 7) is 7.13. The maximum Gasteiger partial charge on any atom is 0.513 e. The average Bonchev–Trinajstić information content (AvgIpc) is 2.92. The Labute approximate surface area is 234 Å². The highest BCUT2D eigenvalue weighted by atomic mass is 16.8. The van der Waals surface area contributed by atoms with Gasteiger partial charge < -0.3 is 38.9 Å². The molecule has 2 rings (SSSR count). The van der Waals surface area contributed by atoms with Crippen molar-refractivity contribution < 1.29 is 52.3 Å². The average molecular weight is 568 g/mol. The molecule has 1 aromatic carbocycles. The van der Waals surface area contributed by atoms with Crippen LogP contribution in [0.25, 0.3) is 0 Å². The lowest BCUT2D eigenvalue weighted by Gasteiger charge is -2.25. The molecule has 0 spiro atoms. The van der Waals surface area contributed by atoms with Gasteiger partial charge in [-0.1, -0.05) is 26.3 Å². The maximum atomic E-state index is 12.6. The van der Waals surface area contributed by atoms with Crippen LogP contribution in [0.3, 0.4) is 0 Å². The summed E-state index contributed by atoms with van der Waals surface area (Å²) in [5.74, 6) is -0.912. The molecule has 0 aliphatic heterocycles. The first-order valence-corrected chi connectivity index (χ1v) is 13.8. The molecule has 0 radical (unpaired) electrons. The van der Waals surface area contributed by atoms with Gasteiger partial charge in [-0.3, -0.25) is 4.79 Å². The van der Waals surface area contributed by atoms with Crippen LogP contribution in [0.5, 0.6) is 11.5 Å². The third kappa shape index (κ3) is 11.7. The molecule has 1 saturated carbocycles. The number of esters is 1. The summed E-state index contributed by atoms with van der Waals surface area (Å²) in [5.41, 5.74) is 6.56. The Morgan fingerprint density at radius 1 is 0.825 bits per heavy atom. The third-order valence-corrected chi connectivity index (χ3v) is 6.06. The number of ether oxygens (including phenoxy) is 7. The standard InChI is InChI=1S/C28H41NO11/c1-5-14-34-26(31)39-23-13-12-20(17-24(23)40-27(32)35-15-6-2)16-22(29)25(30)36-18(3)19(4)37-28(33)38-21-10-8-7-9-11-21/h12-13,17-19,21-22H,5-11,14-16,29H2,1-4H3/t18-,19-,22-/m0/s1. The molecular formula is C28H41NO11. The molecule has 12 nitrogen and oxygen atoms in total. The number of rotatable bonds is 13. The molecule has 0 amide bonds. The molecule has 0 aromatic heterocycles. The monoisotopic (exact) mass is 567 g/mol. The van der Waals surface area contributed by atoms with Crippen molar-refractivity contribution in [2.45, 2.75) is 103 Å². The van der Waals surface area contributed by atoms with E-state index in [1.54, 1.807) is 19.9 Å². The van der Waals surface area contributed by atoms with Crippen LogP contribution in [0.15, 0.2) is 18.2 Å². The Bertz CT molecular complexity index is 977. The number of nitrogens with two attached hydrogens (primary N) is 1. The quantitative estimate of drug-likeness (QED) is 0.188. The maximum absolute atomic E-state index is 12.6. The zero-order valence-electron chi connectivity index (χ0n) is 23.7. The van der Waals surface area contributed by atoms with Crippen LogP contribution in [0.2, 0.25) is 0 Å². The van der Waals surface area contributed by atoms with Gasteiger partial charge in [0, 0.05) is 0 Å². The molecule has 1 aromatic rings. The van der Waals surface area contributed by atoms with Crippen LogP contribution in [0.4, 0.5) is 14.4 Å². The Balaban J connectivity index is 1.97. The van der Waals surface area contributed by atoms with Crippen molar-refractivity contribution in [1.29, 1.82) is 0 Å². The minimum atomic E-state index is -1.09. The minimum Gasteiger partial charge on any atom is -0.458 e. The molecule has 1 aliphatic rings. The molecule has 12 heteroatoms. The van der Waals surface area contributed by atoms with Crippen molar-refractivity contribution in [2.24, 2.45) is 5.73 Å². The Hall–Kier alpha value is -3.54. The lowest BCUT2D eigenvalue weighted by molar-refractivity contribution is -0.155. The van der Waals surface area contributed by atoms with Gasteiger partial charge in [-0.05, 0) is 76.5 Å². The summed E-state index contributed by atoms with van der Waals surface area (Å²) in [6.07, 6.45) is 1.53. The van der Waals surface area contributed by atoms with Gasteiger partial charge in [0.15, 0.2) is 11.5 Å². The number of carbonyl (C=O) groups excluding carboxylic acids is 4. The molecule has 1 fully saturated rings. The van der Waals surface area contributed by atoms with Gasteiger partial charge in [0.2, 0.25) is 0 Å². The van der Waals surface area contributed by atoms with E-state index in [-0.39, 0.29) is 37.2 Å². The highest BCUT2D eigenvalue weighted by molar-refractivity contribution is 5.76. The van der Waals surface area contributed by atoms with Crippen LogP contribution < -0.4 is 15.2 Å².